The molecule has 0 heterocycles. The summed E-state index contributed by atoms with van der Waals surface area (Å²) in [5.41, 5.74) is 2.41. The fourth-order valence-electron chi connectivity index (χ4n) is 1.92. The van der Waals surface area contributed by atoms with E-state index in [0.717, 1.165) is 24.1 Å². The van der Waals surface area contributed by atoms with Gasteiger partial charge in [-0.2, -0.15) is 0 Å². The number of aliphatic hydroxyl groups is 1. The van der Waals surface area contributed by atoms with Gasteiger partial charge in [0.05, 0.1) is 0 Å². The van der Waals surface area contributed by atoms with Crippen molar-refractivity contribution in [3.8, 4) is 11.8 Å². The van der Waals surface area contributed by atoms with Crippen molar-refractivity contribution in [2.45, 2.75) is 27.2 Å². The Morgan fingerprint density at radius 2 is 2.11 bits per heavy atom. The molecular weight excluding hydrogens is 238 g/mol. The number of carbonyl (C=O) groups excluding carboxylic acids is 1. The number of benzene rings is 1. The third-order valence-corrected chi connectivity index (χ3v) is 2.94. The Kier molecular flexibility index (Phi) is 6.11. The van der Waals surface area contributed by atoms with Gasteiger partial charge in [0.2, 0.25) is 0 Å². The topological polar surface area (TPSA) is 40.5 Å². The molecule has 19 heavy (non-hydrogen) atoms. The standard InChI is InChI=1S/C16H21NO2/c1-4-10-17(5-2)16(19)15-12-14(7-6-11-18)9-8-13(15)3/h8-9,12,18H,4-5,10-11H2,1-3H3. The Labute approximate surface area is 115 Å². The first-order chi connectivity index (χ1) is 9.13. The zero-order valence-electron chi connectivity index (χ0n) is 11.9. The van der Waals surface area contributed by atoms with Gasteiger partial charge in [0, 0.05) is 24.2 Å². The minimum Gasteiger partial charge on any atom is -0.384 e. The van der Waals surface area contributed by atoms with Crippen molar-refractivity contribution in [2.24, 2.45) is 0 Å². The molecular formula is C16H21NO2. The molecule has 0 atom stereocenters. The summed E-state index contributed by atoms with van der Waals surface area (Å²) in [5, 5.41) is 8.71. The zero-order valence-corrected chi connectivity index (χ0v) is 11.9. The van der Waals surface area contributed by atoms with Gasteiger partial charge < -0.3 is 10.0 Å². The summed E-state index contributed by atoms with van der Waals surface area (Å²) in [7, 11) is 0. The van der Waals surface area contributed by atoms with Crippen LogP contribution in [-0.4, -0.2) is 35.6 Å². The zero-order chi connectivity index (χ0) is 14.3. The summed E-state index contributed by atoms with van der Waals surface area (Å²) in [4.78, 5) is 14.3. The number of aliphatic hydroxyl groups excluding tert-OH is 1. The summed E-state index contributed by atoms with van der Waals surface area (Å²) in [6, 6.07) is 5.57. The third kappa shape index (κ3) is 4.11. The van der Waals surface area contributed by atoms with E-state index in [0.29, 0.717) is 12.1 Å². The van der Waals surface area contributed by atoms with Gasteiger partial charge in [-0.3, -0.25) is 4.79 Å². The van der Waals surface area contributed by atoms with Gasteiger partial charge in [-0.05, 0) is 38.0 Å². The van der Waals surface area contributed by atoms with Crippen molar-refractivity contribution < 1.29 is 9.90 Å². The lowest BCUT2D eigenvalue weighted by molar-refractivity contribution is 0.0763. The second kappa shape index (κ2) is 7.60. The van der Waals surface area contributed by atoms with Gasteiger partial charge >= 0.3 is 0 Å². The first-order valence-electron chi connectivity index (χ1n) is 6.63. The number of rotatable bonds is 4. The van der Waals surface area contributed by atoms with Gasteiger partial charge in [0.1, 0.15) is 6.61 Å². The number of hydrogen-bond acceptors (Lipinski definition) is 2. The summed E-state index contributed by atoms with van der Waals surface area (Å²) in [6.07, 6.45) is 0.947. The van der Waals surface area contributed by atoms with E-state index in [1.807, 2.05) is 30.9 Å². The van der Waals surface area contributed by atoms with Crippen LogP contribution in [-0.2, 0) is 0 Å². The van der Waals surface area contributed by atoms with Crippen LogP contribution in [0.25, 0.3) is 0 Å². The third-order valence-electron chi connectivity index (χ3n) is 2.94. The van der Waals surface area contributed by atoms with Gasteiger partial charge in [-0.25, -0.2) is 0 Å². The van der Waals surface area contributed by atoms with E-state index in [2.05, 4.69) is 18.8 Å². The number of carbonyl (C=O) groups is 1. The maximum Gasteiger partial charge on any atom is 0.254 e. The van der Waals surface area contributed by atoms with Crippen LogP contribution in [0.2, 0.25) is 0 Å². The van der Waals surface area contributed by atoms with Crippen molar-refractivity contribution in [3.63, 3.8) is 0 Å². The van der Waals surface area contributed by atoms with E-state index >= 15 is 0 Å². The molecule has 102 valence electrons. The van der Waals surface area contributed by atoms with E-state index in [4.69, 9.17) is 5.11 Å². The monoisotopic (exact) mass is 259 g/mol. The average Bonchev–Trinajstić information content (AvgIpc) is 2.43. The fourth-order valence-corrected chi connectivity index (χ4v) is 1.92. The largest absolute Gasteiger partial charge is 0.384 e. The van der Waals surface area contributed by atoms with Crippen LogP contribution >= 0.6 is 0 Å². The lowest BCUT2D eigenvalue weighted by atomic mass is 10.0. The Morgan fingerprint density at radius 3 is 2.68 bits per heavy atom. The van der Waals surface area contributed by atoms with E-state index in [-0.39, 0.29) is 12.5 Å². The molecule has 0 unspecified atom stereocenters. The lowest BCUT2D eigenvalue weighted by Gasteiger charge is -2.21. The molecule has 0 radical (unpaired) electrons. The molecule has 0 aliphatic carbocycles. The minimum absolute atomic E-state index is 0.0505. The van der Waals surface area contributed by atoms with E-state index in [1.165, 1.54) is 0 Å². The van der Waals surface area contributed by atoms with Crippen molar-refractivity contribution in [1.82, 2.24) is 4.90 Å². The molecule has 0 bridgehead atoms. The van der Waals surface area contributed by atoms with Crippen molar-refractivity contribution in [1.29, 1.82) is 0 Å². The fraction of sp³-hybridized carbons (Fsp3) is 0.438. The van der Waals surface area contributed by atoms with Crippen LogP contribution < -0.4 is 0 Å². The second-order valence-corrected chi connectivity index (χ2v) is 4.37. The Morgan fingerprint density at radius 1 is 1.37 bits per heavy atom. The van der Waals surface area contributed by atoms with Crippen LogP contribution in [0.3, 0.4) is 0 Å². The smallest absolute Gasteiger partial charge is 0.254 e. The molecule has 1 aromatic rings. The predicted molar refractivity (Wildman–Crippen MR) is 77.0 cm³/mol. The predicted octanol–water partition coefficient (Wildman–Crippen LogP) is 2.21. The van der Waals surface area contributed by atoms with Gasteiger partial charge in [-0.15, -0.1) is 0 Å². The molecule has 0 aliphatic rings. The van der Waals surface area contributed by atoms with Crippen LogP contribution in [0.4, 0.5) is 0 Å². The van der Waals surface area contributed by atoms with Gasteiger partial charge in [0.25, 0.3) is 5.91 Å². The second-order valence-electron chi connectivity index (χ2n) is 4.37. The van der Waals surface area contributed by atoms with Crippen molar-refractivity contribution in [3.05, 3.63) is 34.9 Å². The average molecular weight is 259 g/mol. The summed E-state index contributed by atoms with van der Waals surface area (Å²) in [6.45, 7) is 7.27. The molecule has 1 amide bonds. The molecule has 0 aliphatic heterocycles. The first-order valence-corrected chi connectivity index (χ1v) is 6.63. The van der Waals surface area contributed by atoms with Crippen molar-refractivity contribution >= 4 is 5.91 Å². The lowest BCUT2D eigenvalue weighted by Crippen LogP contribution is -2.32. The molecule has 1 aromatic carbocycles. The van der Waals surface area contributed by atoms with E-state index < -0.39 is 0 Å². The normalized spacial score (nSPS) is 9.68. The molecule has 0 aromatic heterocycles. The molecule has 3 heteroatoms. The molecule has 1 rings (SSSR count). The van der Waals surface area contributed by atoms with E-state index in [1.54, 1.807) is 6.07 Å². The number of aryl methyl sites for hydroxylation is 1. The highest BCUT2D eigenvalue weighted by Gasteiger charge is 2.15. The Balaban J connectivity index is 3.07. The van der Waals surface area contributed by atoms with Crippen LogP contribution in [0.5, 0.6) is 0 Å². The van der Waals surface area contributed by atoms with E-state index in [9.17, 15) is 4.79 Å². The number of nitrogens with zero attached hydrogens (tertiary/aromatic N) is 1. The molecule has 0 spiro atoms. The van der Waals surface area contributed by atoms with Crippen LogP contribution in [0, 0.1) is 18.8 Å². The number of hydrogen-bond donors (Lipinski definition) is 1. The maximum absolute atomic E-state index is 12.4. The quantitative estimate of drug-likeness (QED) is 0.842. The van der Waals surface area contributed by atoms with Gasteiger partial charge in [-0.1, -0.05) is 24.8 Å². The Hall–Kier alpha value is -1.79. The molecule has 0 saturated carbocycles. The minimum atomic E-state index is -0.173. The maximum atomic E-state index is 12.4. The summed E-state index contributed by atoms with van der Waals surface area (Å²) < 4.78 is 0. The highest BCUT2D eigenvalue weighted by Crippen LogP contribution is 2.14. The highest BCUT2D eigenvalue weighted by atomic mass is 16.2. The number of amides is 1. The highest BCUT2D eigenvalue weighted by molar-refractivity contribution is 5.96. The first kappa shape index (κ1) is 15.3. The summed E-state index contributed by atoms with van der Waals surface area (Å²) in [5.74, 6) is 5.48. The molecule has 0 fully saturated rings. The molecule has 0 saturated heterocycles. The van der Waals surface area contributed by atoms with Crippen molar-refractivity contribution in [2.75, 3.05) is 19.7 Å². The summed E-state index contributed by atoms with van der Waals surface area (Å²) >= 11 is 0. The molecule has 3 nitrogen and oxygen atoms in total. The van der Waals surface area contributed by atoms with Crippen LogP contribution in [0.1, 0.15) is 41.8 Å². The SMILES string of the molecule is CCCN(CC)C(=O)c1cc(C#CCO)ccc1C. The van der Waals surface area contributed by atoms with Crippen LogP contribution in [0.15, 0.2) is 18.2 Å². The van der Waals surface area contributed by atoms with Gasteiger partial charge in [0.15, 0.2) is 0 Å². The molecule has 1 N–H and O–H groups in total. The Bertz CT molecular complexity index is 497.